The predicted molar refractivity (Wildman–Crippen MR) is 264 cm³/mol. The molecule has 7 fully saturated rings. The van der Waals surface area contributed by atoms with Crippen molar-refractivity contribution in [3.8, 4) is 0 Å². The van der Waals surface area contributed by atoms with E-state index < -0.39 is 144 Å². The maximum Gasteiger partial charge on any atom is 0.331 e. The second kappa shape index (κ2) is 22.2. The zero-order chi connectivity index (χ0) is 53.1. The lowest BCUT2D eigenvalue weighted by molar-refractivity contribution is -0.345. The van der Waals surface area contributed by atoms with Crippen LogP contribution in [0.2, 0.25) is 0 Å². The summed E-state index contributed by atoms with van der Waals surface area (Å²) in [5.74, 6) is -1.76. The fourth-order valence-corrected chi connectivity index (χ4v) is 14.6. The van der Waals surface area contributed by atoms with Crippen molar-refractivity contribution in [3.05, 3.63) is 53.6 Å². The molecule has 414 valence electrons. The summed E-state index contributed by atoms with van der Waals surface area (Å²) in [6, 6.07) is 9.42. The highest BCUT2D eigenvalue weighted by Crippen LogP contribution is 2.70. The van der Waals surface area contributed by atoms with Crippen LogP contribution in [0.3, 0.4) is 0 Å². The fraction of sp³-hybridized carbons (Fsp3) is 0.786. The van der Waals surface area contributed by atoms with Crippen molar-refractivity contribution >= 4 is 17.8 Å². The second-order valence-electron chi connectivity index (χ2n) is 23.1. The Bertz CT molecular complexity index is 2150. The second-order valence-corrected chi connectivity index (χ2v) is 23.1. The van der Waals surface area contributed by atoms with Gasteiger partial charge in [-0.2, -0.15) is 0 Å². The maximum atomic E-state index is 13.6. The van der Waals surface area contributed by atoms with E-state index in [1.54, 1.807) is 34.1 Å². The number of benzene rings is 1. The number of ether oxygens (including phenoxy) is 11. The standard InChI is InChI=1S/C56H82O18/c1-29(57)37-19-22-56(63)54(37,7)43(71-44(60)16-15-34-13-11-10-12-14-34)28-42-53(6)20-18-36(23-35(53)17-21-55(42,56)62)70-45-24-38(58)50(31(3)67-45)72-46-25-39(59)51(32(4)68-46)73-48-27-41(65-9)52(33(5)69-48)74-47-26-40(64-8)49(61)30(2)66-47/h10-17,30-33,36-43,45-52,58-59,61-63H,18-28H2,1-9H3/b16-15+/t30-,31-,32-,33-,36+,37+,38+,39+,40-,41+,42-,43-,45+,46+,47+,48+,49-,50-,51-,52-,53+,54+,55+,56-/m1/s1. The smallest absolute Gasteiger partial charge is 0.331 e. The first-order chi connectivity index (χ1) is 35.1. The Hall–Kier alpha value is -2.76. The third-order valence-corrected chi connectivity index (χ3v) is 18.8. The molecule has 8 aliphatic rings. The van der Waals surface area contributed by atoms with E-state index in [-0.39, 0.29) is 44.0 Å². The number of esters is 1. The minimum absolute atomic E-state index is 0.0742. The Morgan fingerprint density at radius 1 is 0.689 bits per heavy atom. The number of carbonyl (C=O) groups excluding carboxylic acids is 2. The number of Topliss-reactive ketones (excluding diaryl/α,β-unsaturated/α-hetero) is 1. The van der Waals surface area contributed by atoms with E-state index in [4.69, 9.17) is 52.1 Å². The molecule has 0 radical (unpaired) electrons. The van der Waals surface area contributed by atoms with Gasteiger partial charge >= 0.3 is 5.97 Å². The molecule has 1 aromatic rings. The summed E-state index contributed by atoms with van der Waals surface area (Å²) in [6.45, 7) is 12.7. The summed E-state index contributed by atoms with van der Waals surface area (Å²) in [6.07, 6.45) is -3.05. The zero-order valence-corrected chi connectivity index (χ0v) is 44.5. The van der Waals surface area contributed by atoms with Crippen molar-refractivity contribution in [2.45, 2.75) is 241 Å². The molecule has 0 bridgehead atoms. The first kappa shape index (κ1) is 56.0. The molecule has 18 nitrogen and oxygen atoms in total. The summed E-state index contributed by atoms with van der Waals surface area (Å²) in [7, 11) is 3.14. The van der Waals surface area contributed by atoms with Crippen LogP contribution < -0.4 is 0 Å². The van der Waals surface area contributed by atoms with Gasteiger partial charge in [-0.1, -0.05) is 55.8 Å². The van der Waals surface area contributed by atoms with Crippen molar-refractivity contribution in [1.82, 2.24) is 0 Å². The van der Waals surface area contributed by atoms with Crippen LogP contribution in [-0.2, 0) is 61.7 Å². The van der Waals surface area contributed by atoms with Gasteiger partial charge < -0.3 is 77.6 Å². The van der Waals surface area contributed by atoms with Gasteiger partial charge in [0.1, 0.15) is 47.5 Å². The van der Waals surface area contributed by atoms with Gasteiger partial charge in [0.05, 0.1) is 54.9 Å². The molecule has 3 saturated carbocycles. The highest BCUT2D eigenvalue weighted by atomic mass is 16.8. The Balaban J connectivity index is 0.782. The van der Waals surface area contributed by atoms with Gasteiger partial charge in [-0.3, -0.25) is 4.79 Å². The molecule has 0 unspecified atom stereocenters. The van der Waals surface area contributed by atoms with Crippen molar-refractivity contribution in [1.29, 1.82) is 0 Å². The van der Waals surface area contributed by atoms with Crippen LogP contribution in [0.4, 0.5) is 0 Å². The van der Waals surface area contributed by atoms with E-state index in [1.807, 2.05) is 57.2 Å². The number of hydrogen-bond donors (Lipinski definition) is 5. The van der Waals surface area contributed by atoms with E-state index in [1.165, 1.54) is 13.0 Å². The molecule has 0 aromatic heterocycles. The van der Waals surface area contributed by atoms with Crippen molar-refractivity contribution in [3.63, 3.8) is 0 Å². The number of hydrogen-bond acceptors (Lipinski definition) is 18. The molecular formula is C56H82O18. The molecule has 74 heavy (non-hydrogen) atoms. The van der Waals surface area contributed by atoms with Crippen molar-refractivity contribution in [2.24, 2.45) is 22.7 Å². The summed E-state index contributed by atoms with van der Waals surface area (Å²) in [5, 5.41) is 59.2. The van der Waals surface area contributed by atoms with Crippen molar-refractivity contribution in [2.75, 3.05) is 14.2 Å². The summed E-state index contributed by atoms with van der Waals surface area (Å²) in [5.41, 5.74) is -3.15. The first-order valence-corrected chi connectivity index (χ1v) is 27.0. The quantitative estimate of drug-likeness (QED) is 0.0955. The van der Waals surface area contributed by atoms with Gasteiger partial charge in [0.2, 0.25) is 0 Å². The predicted octanol–water partition coefficient (Wildman–Crippen LogP) is 4.81. The van der Waals surface area contributed by atoms with Gasteiger partial charge in [-0.15, -0.1) is 0 Å². The average Bonchev–Trinajstić information content (AvgIpc) is 3.68. The highest BCUT2D eigenvalue weighted by molar-refractivity contribution is 5.87. The van der Waals surface area contributed by atoms with Gasteiger partial charge in [0.15, 0.2) is 25.2 Å². The number of methoxy groups -OCH3 is 2. The molecule has 4 saturated heterocycles. The zero-order valence-electron chi connectivity index (χ0n) is 44.5. The third kappa shape index (κ3) is 10.4. The van der Waals surface area contributed by atoms with Crippen LogP contribution in [0.5, 0.6) is 0 Å². The molecule has 1 aromatic carbocycles. The molecule has 18 heteroatoms. The highest BCUT2D eigenvalue weighted by Gasteiger charge is 2.77. The fourth-order valence-electron chi connectivity index (χ4n) is 14.6. The van der Waals surface area contributed by atoms with E-state index in [0.29, 0.717) is 38.5 Å². The van der Waals surface area contributed by atoms with E-state index >= 15 is 0 Å². The average molecular weight is 1040 g/mol. The Morgan fingerprint density at radius 3 is 1.84 bits per heavy atom. The van der Waals surface area contributed by atoms with Gasteiger partial charge in [0.25, 0.3) is 0 Å². The van der Waals surface area contributed by atoms with Crippen LogP contribution in [0.15, 0.2) is 48.1 Å². The van der Waals surface area contributed by atoms with E-state index in [9.17, 15) is 35.1 Å². The Labute approximate surface area is 435 Å². The van der Waals surface area contributed by atoms with Gasteiger partial charge in [0, 0.05) is 63.2 Å². The SMILES string of the molecule is CO[C@H]1C[C@H](O[C@H]2[C@@H](O)C[C@H](O[C@H]3[C@@H](O)C[C@H](O[C@H]4CC[C@@]5(C)C(=CC[C@]6(O)[C@@H]5C[C@@H](OC(=O)/C=C/c5ccccc5)[C@]5(C)[C@H](C(C)=O)CC[C@@]56O)C4)O[C@@H]3C)O[C@@H]2C)O[C@H](C)[C@H]1O[C@H]1C[C@@H](OC)[C@H](O)[C@@H](C)O1. The van der Waals surface area contributed by atoms with Crippen molar-refractivity contribution < 1.29 is 87.2 Å². The number of ketones is 1. The molecule has 0 spiro atoms. The lowest BCUT2D eigenvalue weighted by atomic mass is 9.43. The van der Waals surface area contributed by atoms with Crippen LogP contribution in [0.1, 0.15) is 125 Å². The number of aliphatic hydroxyl groups is 5. The normalized spacial score (nSPS) is 48.5. The number of aliphatic hydroxyl groups excluding tert-OH is 3. The summed E-state index contributed by atoms with van der Waals surface area (Å²) < 4.78 is 68.0. The van der Waals surface area contributed by atoms with Crippen LogP contribution in [0.25, 0.3) is 6.08 Å². The lowest BCUT2D eigenvalue weighted by Crippen LogP contribution is -2.75. The minimum atomic E-state index is -1.70. The molecule has 5 N–H and O–H groups in total. The Kier molecular flexibility index (Phi) is 16.8. The largest absolute Gasteiger partial charge is 0.458 e. The maximum absolute atomic E-state index is 13.6. The first-order valence-electron chi connectivity index (χ1n) is 27.0. The Morgan fingerprint density at radius 2 is 1.24 bits per heavy atom. The molecule has 0 amide bonds. The van der Waals surface area contributed by atoms with Gasteiger partial charge in [-0.05, 0) is 96.6 Å². The molecule has 4 aliphatic carbocycles. The van der Waals surface area contributed by atoms with Crippen LogP contribution >= 0.6 is 0 Å². The van der Waals surface area contributed by atoms with Crippen LogP contribution in [0, 0.1) is 22.7 Å². The van der Waals surface area contributed by atoms with Crippen LogP contribution in [-0.4, -0.2) is 173 Å². The summed E-state index contributed by atoms with van der Waals surface area (Å²) in [4.78, 5) is 26.8. The number of carbonyl (C=O) groups is 2. The lowest BCUT2D eigenvalue weighted by Gasteiger charge is -2.66. The number of rotatable bonds is 14. The van der Waals surface area contributed by atoms with Gasteiger partial charge in [-0.25, -0.2) is 4.79 Å². The molecule has 24 atom stereocenters. The monoisotopic (exact) mass is 1040 g/mol. The minimum Gasteiger partial charge on any atom is -0.458 e. The van der Waals surface area contributed by atoms with E-state index in [0.717, 1.165) is 11.1 Å². The third-order valence-electron chi connectivity index (χ3n) is 18.8. The summed E-state index contributed by atoms with van der Waals surface area (Å²) >= 11 is 0. The molecule has 4 heterocycles. The topological polar surface area (TPSA) is 237 Å². The number of fused-ring (bicyclic) bond motifs is 5. The molecule has 9 rings (SSSR count). The molecule has 4 aliphatic heterocycles. The van der Waals surface area contributed by atoms with E-state index in [2.05, 4.69) is 6.92 Å². The molecular weight excluding hydrogens is 961 g/mol.